The summed E-state index contributed by atoms with van der Waals surface area (Å²) in [5, 5.41) is 7.28. The number of aromatic nitrogens is 5. The summed E-state index contributed by atoms with van der Waals surface area (Å²) in [6.07, 6.45) is 6.59. The van der Waals surface area contributed by atoms with Crippen LogP contribution in [0.25, 0.3) is 5.65 Å². The van der Waals surface area contributed by atoms with Crippen molar-refractivity contribution in [3.63, 3.8) is 0 Å². The van der Waals surface area contributed by atoms with Crippen molar-refractivity contribution < 1.29 is 9.21 Å². The quantitative estimate of drug-likeness (QED) is 0.548. The van der Waals surface area contributed by atoms with E-state index in [1.165, 1.54) is 29.2 Å². The molecule has 10 nitrogen and oxygen atoms in total. The van der Waals surface area contributed by atoms with Crippen molar-refractivity contribution in [3.8, 4) is 0 Å². The number of nitrogens with one attached hydrogen (secondary N) is 1. The predicted octanol–water partition coefficient (Wildman–Crippen LogP) is 1.60. The fourth-order valence-electron chi connectivity index (χ4n) is 3.55. The minimum Gasteiger partial charge on any atom is -0.441 e. The van der Waals surface area contributed by atoms with Crippen molar-refractivity contribution in [2.75, 3.05) is 16.8 Å². The maximum Gasteiger partial charge on any atom is 0.311 e. The summed E-state index contributed by atoms with van der Waals surface area (Å²) >= 11 is 0. The average molecular weight is 403 g/mol. The number of oxazole rings is 1. The number of anilines is 2. The smallest absolute Gasteiger partial charge is 0.311 e. The number of fused-ring (bicyclic) bond motifs is 2. The van der Waals surface area contributed by atoms with Gasteiger partial charge < -0.3 is 14.6 Å². The first-order chi connectivity index (χ1) is 14.6. The van der Waals surface area contributed by atoms with Crippen LogP contribution in [0.2, 0.25) is 0 Å². The molecular formula is C20H17N7O3. The molecule has 30 heavy (non-hydrogen) atoms. The first-order valence-electron chi connectivity index (χ1n) is 9.38. The molecule has 0 saturated carbocycles. The molecule has 0 aliphatic carbocycles. The summed E-state index contributed by atoms with van der Waals surface area (Å²) in [7, 11) is 0. The normalized spacial score (nSPS) is 13.3. The third kappa shape index (κ3) is 3.17. The van der Waals surface area contributed by atoms with Crippen LogP contribution < -0.4 is 15.8 Å². The van der Waals surface area contributed by atoms with Crippen molar-refractivity contribution in [3.05, 3.63) is 76.1 Å². The Morgan fingerprint density at radius 2 is 2.10 bits per heavy atom. The van der Waals surface area contributed by atoms with Crippen LogP contribution in [0.15, 0.2) is 52.3 Å². The Hall–Kier alpha value is -4.08. The first kappa shape index (κ1) is 18.0. The van der Waals surface area contributed by atoms with E-state index in [0.29, 0.717) is 17.9 Å². The van der Waals surface area contributed by atoms with E-state index in [9.17, 15) is 9.59 Å². The Kier molecular flexibility index (Phi) is 4.24. The van der Waals surface area contributed by atoms with Gasteiger partial charge in [-0.3, -0.25) is 14.6 Å². The molecule has 0 fully saturated rings. The third-order valence-corrected chi connectivity index (χ3v) is 4.97. The van der Waals surface area contributed by atoms with Gasteiger partial charge in [-0.15, -0.1) is 5.10 Å². The van der Waals surface area contributed by atoms with Gasteiger partial charge in [0.1, 0.15) is 6.26 Å². The molecule has 1 aliphatic rings. The maximum atomic E-state index is 12.2. The minimum atomic E-state index is -0.437. The molecule has 5 rings (SSSR count). The Bertz CT molecular complexity index is 1310. The summed E-state index contributed by atoms with van der Waals surface area (Å²) in [6.45, 7) is 3.22. The zero-order chi connectivity index (χ0) is 20.7. The highest BCUT2D eigenvalue weighted by atomic mass is 16.3. The number of rotatable bonds is 3. The Balaban J connectivity index is 1.44. The van der Waals surface area contributed by atoms with Crippen LogP contribution in [0.3, 0.4) is 0 Å². The maximum absolute atomic E-state index is 12.2. The number of aryl methyl sites for hydroxylation is 1. The molecule has 5 heterocycles. The van der Waals surface area contributed by atoms with Crippen molar-refractivity contribution in [1.82, 2.24) is 24.6 Å². The van der Waals surface area contributed by atoms with Gasteiger partial charge in [-0.2, -0.15) is 4.52 Å². The lowest BCUT2D eigenvalue weighted by molar-refractivity contribution is 0.0990. The number of hydrogen-bond acceptors (Lipinski definition) is 8. The van der Waals surface area contributed by atoms with Gasteiger partial charge in [0.05, 0.1) is 18.1 Å². The van der Waals surface area contributed by atoms with Crippen LogP contribution in [0.1, 0.15) is 27.5 Å². The molecule has 0 bridgehead atoms. The average Bonchev–Trinajstić information content (AvgIpc) is 3.28. The molecule has 0 saturated heterocycles. The lowest BCUT2D eigenvalue weighted by Gasteiger charge is -2.30. The van der Waals surface area contributed by atoms with E-state index in [0.717, 1.165) is 35.6 Å². The molecule has 4 aromatic rings. The lowest BCUT2D eigenvalue weighted by Crippen LogP contribution is -2.33. The second-order valence-electron chi connectivity index (χ2n) is 7.00. The predicted molar refractivity (Wildman–Crippen MR) is 107 cm³/mol. The monoisotopic (exact) mass is 403 g/mol. The molecule has 10 heteroatoms. The number of amides is 1. The van der Waals surface area contributed by atoms with Crippen LogP contribution in [0.4, 0.5) is 11.5 Å². The van der Waals surface area contributed by atoms with Gasteiger partial charge in [0, 0.05) is 37.5 Å². The molecule has 1 N–H and O–H groups in total. The van der Waals surface area contributed by atoms with E-state index in [-0.39, 0.29) is 11.4 Å². The standard InChI is InChI=1S/C20H17N7O3/c1-12-8-16-21-4-2-17(28)27(16)25-18(12)26-6-3-15-13(11-26)9-14(10-23-15)24-19(29)20-22-5-7-30-20/h2,4-5,7-10H,3,6,11H2,1H3,(H,24,29). The number of pyridine rings is 1. The Morgan fingerprint density at radius 1 is 1.20 bits per heavy atom. The van der Waals surface area contributed by atoms with Crippen LogP contribution in [0, 0.1) is 6.92 Å². The second kappa shape index (κ2) is 7.07. The molecule has 0 aromatic carbocycles. The van der Waals surface area contributed by atoms with Crippen LogP contribution >= 0.6 is 0 Å². The van der Waals surface area contributed by atoms with E-state index in [1.54, 1.807) is 6.20 Å². The van der Waals surface area contributed by atoms with Crippen molar-refractivity contribution >= 4 is 23.1 Å². The Labute approximate surface area is 170 Å². The summed E-state index contributed by atoms with van der Waals surface area (Å²) in [6, 6.07) is 5.13. The highest BCUT2D eigenvalue weighted by molar-refractivity contribution is 6.00. The molecule has 4 aromatic heterocycles. The number of carbonyl (C=O) groups is 1. The van der Waals surface area contributed by atoms with Gasteiger partial charge >= 0.3 is 5.91 Å². The first-order valence-corrected chi connectivity index (χ1v) is 9.38. The fraction of sp³-hybridized carbons (Fsp3) is 0.200. The SMILES string of the molecule is Cc1cc2nccc(=O)n2nc1N1CCc2ncc(NC(=O)c3ncco3)cc2C1. The van der Waals surface area contributed by atoms with Gasteiger partial charge in [-0.1, -0.05) is 0 Å². The van der Waals surface area contributed by atoms with E-state index in [4.69, 9.17) is 4.42 Å². The molecule has 1 amide bonds. The van der Waals surface area contributed by atoms with Gasteiger partial charge in [0.2, 0.25) is 0 Å². The summed E-state index contributed by atoms with van der Waals surface area (Å²) in [4.78, 5) is 39.0. The minimum absolute atomic E-state index is 0.00983. The van der Waals surface area contributed by atoms with E-state index in [1.807, 2.05) is 19.1 Å². The highest BCUT2D eigenvalue weighted by Crippen LogP contribution is 2.26. The summed E-state index contributed by atoms with van der Waals surface area (Å²) in [5.74, 6) is 0.273. The molecule has 0 atom stereocenters. The van der Waals surface area contributed by atoms with Crippen molar-refractivity contribution in [2.24, 2.45) is 0 Å². The molecular weight excluding hydrogens is 386 g/mol. The largest absolute Gasteiger partial charge is 0.441 e. The highest BCUT2D eigenvalue weighted by Gasteiger charge is 2.22. The van der Waals surface area contributed by atoms with Crippen molar-refractivity contribution in [2.45, 2.75) is 19.9 Å². The van der Waals surface area contributed by atoms with Crippen LogP contribution in [0.5, 0.6) is 0 Å². The number of nitrogens with zero attached hydrogens (tertiary/aromatic N) is 6. The van der Waals surface area contributed by atoms with Gasteiger partial charge in [0.15, 0.2) is 11.5 Å². The topological polar surface area (TPSA) is 119 Å². The number of hydrogen-bond donors (Lipinski definition) is 1. The van der Waals surface area contributed by atoms with E-state index in [2.05, 4.69) is 30.3 Å². The van der Waals surface area contributed by atoms with Crippen LogP contribution in [-0.2, 0) is 13.0 Å². The molecule has 0 radical (unpaired) electrons. The fourth-order valence-corrected chi connectivity index (χ4v) is 3.55. The summed E-state index contributed by atoms with van der Waals surface area (Å²) < 4.78 is 6.33. The van der Waals surface area contributed by atoms with E-state index >= 15 is 0 Å². The lowest BCUT2D eigenvalue weighted by atomic mass is 10.0. The summed E-state index contributed by atoms with van der Waals surface area (Å²) in [5.41, 5.74) is 3.72. The van der Waals surface area contributed by atoms with Gasteiger partial charge in [0.25, 0.3) is 11.4 Å². The van der Waals surface area contributed by atoms with Crippen LogP contribution in [-0.4, -0.2) is 37.0 Å². The number of carbonyl (C=O) groups excluding carboxylic acids is 1. The molecule has 1 aliphatic heterocycles. The zero-order valence-electron chi connectivity index (χ0n) is 16.1. The molecule has 0 spiro atoms. The van der Waals surface area contributed by atoms with Gasteiger partial charge in [-0.05, 0) is 30.2 Å². The zero-order valence-corrected chi connectivity index (χ0v) is 16.1. The van der Waals surface area contributed by atoms with E-state index < -0.39 is 5.91 Å². The van der Waals surface area contributed by atoms with Crippen molar-refractivity contribution in [1.29, 1.82) is 0 Å². The van der Waals surface area contributed by atoms with Gasteiger partial charge in [-0.25, -0.2) is 9.97 Å². The molecule has 0 unspecified atom stereocenters. The second-order valence-corrected chi connectivity index (χ2v) is 7.00. The Morgan fingerprint density at radius 3 is 2.93 bits per heavy atom. The third-order valence-electron chi connectivity index (χ3n) is 4.97. The molecule has 150 valence electrons.